The van der Waals surface area contributed by atoms with Crippen molar-refractivity contribution in [1.29, 1.82) is 0 Å². The van der Waals surface area contributed by atoms with Gasteiger partial charge in [0.15, 0.2) is 11.5 Å². The van der Waals surface area contributed by atoms with E-state index in [0.717, 1.165) is 10.0 Å². The van der Waals surface area contributed by atoms with Crippen LogP contribution in [0.3, 0.4) is 0 Å². The molecular formula is C15H22BrNO4. The van der Waals surface area contributed by atoms with Gasteiger partial charge < -0.3 is 19.9 Å². The Labute approximate surface area is 133 Å². The number of aliphatic carboxylic acids is 1. The number of rotatable bonds is 8. The maximum atomic E-state index is 11.3. The second kappa shape index (κ2) is 8.24. The lowest BCUT2D eigenvalue weighted by Gasteiger charge is -2.18. The number of carbonyl (C=O) groups is 1. The molecule has 0 aliphatic rings. The highest BCUT2D eigenvalue weighted by Crippen LogP contribution is 2.34. The quantitative estimate of drug-likeness (QED) is 0.746. The van der Waals surface area contributed by atoms with Gasteiger partial charge in [-0.2, -0.15) is 0 Å². The third kappa shape index (κ3) is 5.21. The molecule has 0 aliphatic carbocycles. The number of halogens is 1. The summed E-state index contributed by atoms with van der Waals surface area (Å²) in [5.41, 5.74) is 0.846. The van der Waals surface area contributed by atoms with Crippen molar-refractivity contribution < 1.29 is 19.4 Å². The maximum Gasteiger partial charge on any atom is 0.320 e. The zero-order valence-corrected chi connectivity index (χ0v) is 14.4. The van der Waals surface area contributed by atoms with Crippen LogP contribution in [0.5, 0.6) is 11.5 Å². The van der Waals surface area contributed by atoms with E-state index in [1.54, 1.807) is 14.2 Å². The molecule has 0 spiro atoms. The van der Waals surface area contributed by atoms with Crippen LogP contribution in [0, 0.1) is 5.92 Å². The molecule has 0 saturated heterocycles. The average Bonchev–Trinajstić information content (AvgIpc) is 2.41. The van der Waals surface area contributed by atoms with Crippen molar-refractivity contribution in [2.45, 2.75) is 32.9 Å². The number of methoxy groups -OCH3 is 2. The first-order valence-electron chi connectivity index (χ1n) is 6.75. The van der Waals surface area contributed by atoms with Gasteiger partial charge in [0, 0.05) is 16.6 Å². The molecule has 2 N–H and O–H groups in total. The van der Waals surface area contributed by atoms with Crippen LogP contribution in [0.4, 0.5) is 0 Å². The Morgan fingerprint density at radius 2 is 2.00 bits per heavy atom. The number of nitrogens with one attached hydrogen (secondary N) is 1. The fourth-order valence-corrected chi connectivity index (χ4v) is 2.60. The Morgan fingerprint density at radius 1 is 1.33 bits per heavy atom. The molecule has 1 aromatic carbocycles. The summed E-state index contributed by atoms with van der Waals surface area (Å²) in [7, 11) is 3.14. The highest BCUT2D eigenvalue weighted by atomic mass is 79.9. The minimum atomic E-state index is -0.843. The lowest BCUT2D eigenvalue weighted by Crippen LogP contribution is -2.37. The Kier molecular flexibility index (Phi) is 6.98. The summed E-state index contributed by atoms with van der Waals surface area (Å²) in [5.74, 6) is 0.684. The Balaban J connectivity index is 2.91. The molecule has 5 nitrogen and oxygen atoms in total. The summed E-state index contributed by atoms with van der Waals surface area (Å²) >= 11 is 3.41. The minimum absolute atomic E-state index is 0.303. The van der Waals surface area contributed by atoms with Gasteiger partial charge in [-0.1, -0.05) is 29.8 Å². The van der Waals surface area contributed by atoms with Crippen molar-refractivity contribution in [2.75, 3.05) is 14.2 Å². The molecule has 1 unspecified atom stereocenters. The summed E-state index contributed by atoms with van der Waals surface area (Å²) in [5, 5.41) is 12.3. The van der Waals surface area contributed by atoms with E-state index in [1.807, 2.05) is 26.0 Å². The topological polar surface area (TPSA) is 67.8 Å². The lowest BCUT2D eigenvalue weighted by molar-refractivity contribution is -0.140. The summed E-state index contributed by atoms with van der Waals surface area (Å²) < 4.78 is 11.5. The van der Waals surface area contributed by atoms with E-state index in [4.69, 9.17) is 9.47 Å². The van der Waals surface area contributed by atoms with E-state index >= 15 is 0 Å². The Bertz CT molecular complexity index is 491. The zero-order valence-electron chi connectivity index (χ0n) is 12.8. The van der Waals surface area contributed by atoms with Gasteiger partial charge in [-0.3, -0.25) is 4.79 Å². The second-order valence-electron chi connectivity index (χ2n) is 5.20. The van der Waals surface area contributed by atoms with Crippen LogP contribution in [-0.4, -0.2) is 31.3 Å². The number of benzene rings is 1. The van der Waals surface area contributed by atoms with Crippen LogP contribution < -0.4 is 14.8 Å². The van der Waals surface area contributed by atoms with Gasteiger partial charge in [-0.25, -0.2) is 0 Å². The van der Waals surface area contributed by atoms with E-state index in [0.29, 0.717) is 30.4 Å². The van der Waals surface area contributed by atoms with Gasteiger partial charge in [0.1, 0.15) is 6.04 Å². The highest BCUT2D eigenvalue weighted by Gasteiger charge is 2.19. The van der Waals surface area contributed by atoms with E-state index in [-0.39, 0.29) is 0 Å². The molecule has 0 radical (unpaired) electrons. The molecule has 0 heterocycles. The van der Waals surface area contributed by atoms with Crippen molar-refractivity contribution in [2.24, 2.45) is 5.92 Å². The van der Waals surface area contributed by atoms with Gasteiger partial charge in [-0.05, 0) is 24.5 Å². The van der Waals surface area contributed by atoms with Crippen LogP contribution in [0.15, 0.2) is 16.6 Å². The lowest BCUT2D eigenvalue weighted by atomic mass is 10.0. The monoisotopic (exact) mass is 359 g/mol. The van der Waals surface area contributed by atoms with Crippen molar-refractivity contribution in [3.63, 3.8) is 0 Å². The predicted octanol–water partition coefficient (Wildman–Crippen LogP) is 3.06. The number of carboxylic acids is 1. The Morgan fingerprint density at radius 3 is 2.48 bits per heavy atom. The van der Waals surface area contributed by atoms with Crippen LogP contribution in [0.2, 0.25) is 0 Å². The van der Waals surface area contributed by atoms with E-state index in [2.05, 4.69) is 21.2 Å². The molecule has 1 aromatic rings. The normalized spacial score (nSPS) is 12.3. The average molecular weight is 360 g/mol. The van der Waals surface area contributed by atoms with Gasteiger partial charge in [0.25, 0.3) is 0 Å². The van der Waals surface area contributed by atoms with Crippen LogP contribution >= 0.6 is 15.9 Å². The van der Waals surface area contributed by atoms with Crippen LogP contribution in [0.1, 0.15) is 25.8 Å². The molecule has 0 bridgehead atoms. The summed E-state index contributed by atoms with van der Waals surface area (Å²) in [6.07, 6.45) is 0.572. The molecule has 1 rings (SSSR count). The molecule has 0 aromatic heterocycles. The van der Waals surface area contributed by atoms with Crippen LogP contribution in [-0.2, 0) is 11.3 Å². The molecule has 0 aliphatic heterocycles. The molecule has 0 amide bonds. The van der Waals surface area contributed by atoms with Crippen molar-refractivity contribution in [1.82, 2.24) is 5.32 Å². The second-order valence-corrected chi connectivity index (χ2v) is 6.12. The molecule has 21 heavy (non-hydrogen) atoms. The highest BCUT2D eigenvalue weighted by molar-refractivity contribution is 9.10. The SMILES string of the molecule is COc1cc(Br)cc(CNC(CC(C)C)C(=O)O)c1OC. The molecule has 1 atom stereocenters. The van der Waals surface area contributed by atoms with Gasteiger partial charge in [-0.15, -0.1) is 0 Å². The molecule has 0 fully saturated rings. The van der Waals surface area contributed by atoms with Crippen molar-refractivity contribution >= 4 is 21.9 Å². The molecular weight excluding hydrogens is 338 g/mol. The van der Waals surface area contributed by atoms with Crippen molar-refractivity contribution in [3.05, 3.63) is 22.2 Å². The fraction of sp³-hybridized carbons (Fsp3) is 0.533. The van der Waals surface area contributed by atoms with E-state index < -0.39 is 12.0 Å². The molecule has 118 valence electrons. The summed E-state index contributed by atoms with van der Waals surface area (Å²) in [6, 6.07) is 3.12. The van der Waals surface area contributed by atoms with E-state index in [1.165, 1.54) is 0 Å². The Hall–Kier alpha value is -1.27. The minimum Gasteiger partial charge on any atom is -0.493 e. The third-order valence-corrected chi connectivity index (χ3v) is 3.52. The fourth-order valence-electron chi connectivity index (χ4n) is 2.11. The van der Waals surface area contributed by atoms with Gasteiger partial charge in [0.05, 0.1) is 14.2 Å². The first-order chi connectivity index (χ1) is 9.88. The van der Waals surface area contributed by atoms with E-state index in [9.17, 15) is 9.90 Å². The maximum absolute atomic E-state index is 11.3. The molecule has 6 heteroatoms. The third-order valence-electron chi connectivity index (χ3n) is 3.06. The number of ether oxygens (including phenoxy) is 2. The smallest absolute Gasteiger partial charge is 0.320 e. The zero-order chi connectivity index (χ0) is 16.0. The first kappa shape index (κ1) is 17.8. The van der Waals surface area contributed by atoms with Gasteiger partial charge in [0.2, 0.25) is 0 Å². The summed E-state index contributed by atoms with van der Waals surface area (Å²) in [6.45, 7) is 4.39. The number of carboxylic acid groups (broad SMARTS) is 1. The predicted molar refractivity (Wildman–Crippen MR) is 85.0 cm³/mol. The summed E-state index contributed by atoms with van der Waals surface area (Å²) in [4.78, 5) is 11.3. The first-order valence-corrected chi connectivity index (χ1v) is 7.54. The largest absolute Gasteiger partial charge is 0.493 e. The number of hydrogen-bond donors (Lipinski definition) is 2. The van der Waals surface area contributed by atoms with Gasteiger partial charge >= 0.3 is 5.97 Å². The standard InChI is InChI=1S/C15H22BrNO4/c1-9(2)5-12(15(18)19)17-8-10-6-11(16)7-13(20-3)14(10)21-4/h6-7,9,12,17H,5,8H2,1-4H3,(H,18,19). The van der Waals surface area contributed by atoms with Crippen molar-refractivity contribution in [3.8, 4) is 11.5 Å². The van der Waals surface area contributed by atoms with Crippen LogP contribution in [0.25, 0.3) is 0 Å². The molecule has 0 saturated carbocycles. The number of hydrogen-bond acceptors (Lipinski definition) is 4.